The van der Waals surface area contributed by atoms with E-state index in [1.54, 1.807) is 24.4 Å². The molecule has 1 aliphatic heterocycles. The van der Waals surface area contributed by atoms with E-state index in [0.29, 0.717) is 30.8 Å². The van der Waals surface area contributed by atoms with Crippen LogP contribution in [-0.4, -0.2) is 56.2 Å². The van der Waals surface area contributed by atoms with Gasteiger partial charge in [0.15, 0.2) is 0 Å². The fourth-order valence-electron chi connectivity index (χ4n) is 2.92. The van der Waals surface area contributed by atoms with Crippen LogP contribution < -0.4 is 0 Å². The Labute approximate surface area is 131 Å². The highest BCUT2D eigenvalue weighted by atomic mass is 16.5. The van der Waals surface area contributed by atoms with Crippen LogP contribution in [0.3, 0.4) is 0 Å². The zero-order valence-electron chi connectivity index (χ0n) is 12.6. The molecule has 1 atom stereocenters. The van der Waals surface area contributed by atoms with Crippen molar-refractivity contribution in [1.29, 1.82) is 0 Å². The number of aromatic amines is 2. The number of aryl methyl sites for hydroxylation is 1. The number of morpholine rings is 1. The largest absolute Gasteiger partial charge is 0.377 e. The number of carbonyl (C=O) groups excluding carboxylic acids is 1. The number of carbonyl (C=O) groups is 1. The Balaban J connectivity index is 1.68. The molecule has 8 heteroatoms. The van der Waals surface area contributed by atoms with E-state index in [-0.39, 0.29) is 11.9 Å². The number of aromatic nitrogens is 5. The molecule has 0 radical (unpaired) electrons. The van der Waals surface area contributed by atoms with Gasteiger partial charge >= 0.3 is 0 Å². The summed E-state index contributed by atoms with van der Waals surface area (Å²) in [6.07, 6.45) is 1.76. The molecule has 4 rings (SSSR count). The summed E-state index contributed by atoms with van der Waals surface area (Å²) in [5.74, 6) is -0.0443. The summed E-state index contributed by atoms with van der Waals surface area (Å²) in [7, 11) is 0. The molecule has 3 heterocycles. The fourth-order valence-corrected chi connectivity index (χ4v) is 2.92. The van der Waals surface area contributed by atoms with Gasteiger partial charge in [-0.1, -0.05) is 0 Å². The summed E-state index contributed by atoms with van der Waals surface area (Å²) < 4.78 is 5.57. The smallest absolute Gasteiger partial charge is 0.254 e. The molecule has 1 fully saturated rings. The summed E-state index contributed by atoms with van der Waals surface area (Å²) in [6.45, 7) is 3.50. The number of hydrogen-bond donors (Lipinski definition) is 2. The van der Waals surface area contributed by atoms with Crippen molar-refractivity contribution < 1.29 is 9.53 Å². The van der Waals surface area contributed by atoms with Gasteiger partial charge in [0, 0.05) is 12.1 Å². The Morgan fingerprint density at radius 3 is 3.04 bits per heavy atom. The number of hydrogen-bond acceptors (Lipinski definition) is 5. The number of rotatable bonds is 2. The number of amides is 1. The van der Waals surface area contributed by atoms with Gasteiger partial charge in [-0.25, -0.2) is 0 Å². The Hall–Kier alpha value is -2.74. The maximum atomic E-state index is 13.0. The average molecular weight is 312 g/mol. The first-order chi connectivity index (χ1) is 11.2. The summed E-state index contributed by atoms with van der Waals surface area (Å²) in [5, 5.41) is 17.7. The third-order valence-corrected chi connectivity index (χ3v) is 4.15. The van der Waals surface area contributed by atoms with Crippen LogP contribution >= 0.6 is 0 Å². The number of nitrogens with one attached hydrogen (secondary N) is 2. The molecule has 0 aliphatic carbocycles. The number of benzene rings is 1. The molecule has 0 spiro atoms. The van der Waals surface area contributed by atoms with Gasteiger partial charge in [0.1, 0.15) is 11.0 Å². The highest BCUT2D eigenvalue weighted by molar-refractivity contribution is 5.97. The zero-order chi connectivity index (χ0) is 15.8. The summed E-state index contributed by atoms with van der Waals surface area (Å²) in [4.78, 5) is 14.8. The summed E-state index contributed by atoms with van der Waals surface area (Å²) >= 11 is 0. The summed E-state index contributed by atoms with van der Waals surface area (Å²) in [5.41, 5.74) is 3.95. The topological polar surface area (TPSA) is 99.8 Å². The van der Waals surface area contributed by atoms with Crippen LogP contribution in [0.4, 0.5) is 0 Å². The third kappa shape index (κ3) is 2.36. The standard InChI is InChI=1S/C15H16N6O2/c1-9-7-16-19-14(9)13-8-23-5-4-21(13)15(22)10-2-3-11-12(6-10)18-20-17-11/h2-3,6-7,13H,4-5,8H2,1H3,(H,16,19)(H,17,18,20)/t13-/m1/s1. The first-order valence-corrected chi connectivity index (χ1v) is 7.43. The van der Waals surface area contributed by atoms with Crippen molar-refractivity contribution >= 4 is 16.9 Å². The lowest BCUT2D eigenvalue weighted by Crippen LogP contribution is -2.43. The van der Waals surface area contributed by atoms with E-state index in [1.807, 2.05) is 11.8 Å². The molecule has 0 saturated carbocycles. The maximum absolute atomic E-state index is 13.0. The van der Waals surface area contributed by atoms with Crippen LogP contribution in [0, 0.1) is 6.92 Å². The predicted molar refractivity (Wildman–Crippen MR) is 81.8 cm³/mol. The van der Waals surface area contributed by atoms with Gasteiger partial charge in [-0.3, -0.25) is 9.89 Å². The van der Waals surface area contributed by atoms with Gasteiger partial charge in [-0.05, 0) is 30.7 Å². The van der Waals surface area contributed by atoms with Gasteiger partial charge < -0.3 is 9.64 Å². The molecular formula is C15H16N6O2. The molecule has 2 N–H and O–H groups in total. The van der Waals surface area contributed by atoms with E-state index in [4.69, 9.17) is 4.74 Å². The molecule has 1 saturated heterocycles. The van der Waals surface area contributed by atoms with Gasteiger partial charge in [0.05, 0.1) is 31.1 Å². The van der Waals surface area contributed by atoms with Gasteiger partial charge in [-0.2, -0.15) is 20.5 Å². The molecule has 3 aromatic rings. The van der Waals surface area contributed by atoms with E-state index >= 15 is 0 Å². The highest BCUT2D eigenvalue weighted by Crippen LogP contribution is 2.27. The van der Waals surface area contributed by atoms with E-state index in [0.717, 1.165) is 16.8 Å². The van der Waals surface area contributed by atoms with Crippen LogP contribution in [0.5, 0.6) is 0 Å². The molecule has 8 nitrogen and oxygen atoms in total. The van der Waals surface area contributed by atoms with Crippen molar-refractivity contribution in [2.24, 2.45) is 0 Å². The van der Waals surface area contributed by atoms with Gasteiger partial charge in [-0.15, -0.1) is 0 Å². The SMILES string of the molecule is Cc1cn[nH]c1[C@H]1COCCN1C(=O)c1ccc2n[nH]nc2c1. The van der Waals surface area contributed by atoms with E-state index in [1.165, 1.54) is 0 Å². The second-order valence-electron chi connectivity index (χ2n) is 5.58. The predicted octanol–water partition coefficient (Wildman–Crippen LogP) is 1.20. The minimum Gasteiger partial charge on any atom is -0.377 e. The van der Waals surface area contributed by atoms with Crippen LogP contribution in [0.1, 0.15) is 27.7 Å². The zero-order valence-corrected chi connectivity index (χ0v) is 12.6. The van der Waals surface area contributed by atoms with Crippen LogP contribution in [-0.2, 0) is 4.74 Å². The Morgan fingerprint density at radius 2 is 2.22 bits per heavy atom. The molecule has 0 unspecified atom stereocenters. The first-order valence-electron chi connectivity index (χ1n) is 7.43. The normalized spacial score (nSPS) is 18.5. The van der Waals surface area contributed by atoms with Crippen molar-refractivity contribution in [3.05, 3.63) is 41.2 Å². The second kappa shape index (κ2) is 5.47. The summed E-state index contributed by atoms with van der Waals surface area (Å²) in [6, 6.07) is 5.17. The Bertz CT molecular complexity index is 854. The number of nitrogens with zero attached hydrogens (tertiary/aromatic N) is 4. The van der Waals surface area contributed by atoms with Crippen LogP contribution in [0.15, 0.2) is 24.4 Å². The molecular weight excluding hydrogens is 296 g/mol. The molecule has 1 aromatic carbocycles. The number of H-pyrrole nitrogens is 2. The number of fused-ring (bicyclic) bond motifs is 1. The third-order valence-electron chi connectivity index (χ3n) is 4.15. The maximum Gasteiger partial charge on any atom is 0.254 e. The van der Waals surface area contributed by atoms with E-state index in [9.17, 15) is 4.79 Å². The van der Waals surface area contributed by atoms with Crippen LogP contribution in [0.2, 0.25) is 0 Å². The molecule has 1 aliphatic rings. The van der Waals surface area contributed by atoms with Gasteiger partial charge in [0.2, 0.25) is 0 Å². The van der Waals surface area contributed by atoms with Crippen molar-refractivity contribution in [2.45, 2.75) is 13.0 Å². The van der Waals surface area contributed by atoms with Gasteiger partial charge in [0.25, 0.3) is 5.91 Å². The lowest BCUT2D eigenvalue weighted by atomic mass is 10.1. The molecule has 23 heavy (non-hydrogen) atoms. The van der Waals surface area contributed by atoms with Crippen molar-refractivity contribution in [3.63, 3.8) is 0 Å². The highest BCUT2D eigenvalue weighted by Gasteiger charge is 2.31. The van der Waals surface area contributed by atoms with E-state index < -0.39 is 0 Å². The fraction of sp³-hybridized carbons (Fsp3) is 0.333. The molecule has 1 amide bonds. The molecule has 2 aromatic heterocycles. The monoisotopic (exact) mass is 312 g/mol. The lowest BCUT2D eigenvalue weighted by molar-refractivity contribution is -0.00406. The quantitative estimate of drug-likeness (QED) is 0.740. The second-order valence-corrected chi connectivity index (χ2v) is 5.58. The average Bonchev–Trinajstić information content (AvgIpc) is 3.22. The molecule has 0 bridgehead atoms. The number of ether oxygens (including phenoxy) is 1. The van der Waals surface area contributed by atoms with Crippen molar-refractivity contribution in [2.75, 3.05) is 19.8 Å². The van der Waals surface area contributed by atoms with Crippen molar-refractivity contribution in [3.8, 4) is 0 Å². The lowest BCUT2D eigenvalue weighted by Gasteiger charge is -2.35. The first kappa shape index (κ1) is 13.9. The van der Waals surface area contributed by atoms with Crippen molar-refractivity contribution in [1.82, 2.24) is 30.5 Å². The van der Waals surface area contributed by atoms with E-state index in [2.05, 4.69) is 25.6 Å². The minimum absolute atomic E-state index is 0.0443. The Morgan fingerprint density at radius 1 is 1.35 bits per heavy atom. The minimum atomic E-state index is -0.160. The Kier molecular flexibility index (Phi) is 3.30. The molecule has 118 valence electrons. The van der Waals surface area contributed by atoms with Crippen LogP contribution in [0.25, 0.3) is 11.0 Å².